The van der Waals surface area contributed by atoms with Gasteiger partial charge in [-0.25, -0.2) is 4.98 Å². The molecule has 1 aliphatic rings. The van der Waals surface area contributed by atoms with Gasteiger partial charge in [0.1, 0.15) is 5.76 Å². The number of hydrogen-bond acceptors (Lipinski definition) is 5. The van der Waals surface area contributed by atoms with E-state index >= 15 is 0 Å². The molecule has 2 unspecified atom stereocenters. The number of aliphatic hydroxyl groups is 1. The molecule has 2 atom stereocenters. The minimum absolute atomic E-state index is 0.215. The highest BCUT2D eigenvalue weighted by Crippen LogP contribution is 2.28. The molecule has 2 aromatic rings. The molecule has 114 valence electrons. The molecule has 5 heteroatoms. The molecule has 1 saturated carbocycles. The van der Waals surface area contributed by atoms with E-state index < -0.39 is 0 Å². The number of aryl methyl sites for hydroxylation is 1. The first-order chi connectivity index (χ1) is 10.1. The molecule has 21 heavy (non-hydrogen) atoms. The third kappa shape index (κ3) is 3.20. The zero-order valence-corrected chi connectivity index (χ0v) is 13.4. The Hall–Kier alpha value is -1.17. The van der Waals surface area contributed by atoms with Crippen LogP contribution in [0.4, 0.5) is 0 Å². The Balaban J connectivity index is 1.72. The van der Waals surface area contributed by atoms with Gasteiger partial charge in [-0.3, -0.25) is 4.90 Å². The van der Waals surface area contributed by atoms with E-state index in [9.17, 15) is 5.11 Å². The first kappa shape index (κ1) is 14.8. The van der Waals surface area contributed by atoms with E-state index in [-0.39, 0.29) is 12.1 Å². The van der Waals surface area contributed by atoms with Crippen molar-refractivity contribution < 1.29 is 9.52 Å². The maximum absolute atomic E-state index is 10.2. The van der Waals surface area contributed by atoms with Crippen LogP contribution in [-0.4, -0.2) is 34.2 Å². The quantitative estimate of drug-likeness (QED) is 0.940. The molecule has 2 heterocycles. The Labute approximate surface area is 129 Å². The van der Waals surface area contributed by atoms with Gasteiger partial charge >= 0.3 is 0 Å². The molecule has 0 amide bonds. The minimum atomic E-state index is -0.215. The summed E-state index contributed by atoms with van der Waals surface area (Å²) < 4.78 is 5.78. The number of aliphatic hydroxyl groups excluding tert-OH is 1. The molecule has 1 aliphatic carbocycles. The Morgan fingerprint density at radius 2 is 2.24 bits per heavy atom. The Kier molecular flexibility index (Phi) is 4.42. The lowest BCUT2D eigenvalue weighted by atomic mass is 9.91. The molecule has 0 aliphatic heterocycles. The first-order valence-corrected chi connectivity index (χ1v) is 8.41. The van der Waals surface area contributed by atoms with Gasteiger partial charge in [0.25, 0.3) is 0 Å². The Morgan fingerprint density at radius 1 is 1.43 bits per heavy atom. The van der Waals surface area contributed by atoms with Gasteiger partial charge in [-0.2, -0.15) is 0 Å². The van der Waals surface area contributed by atoms with Crippen molar-refractivity contribution in [3.63, 3.8) is 0 Å². The van der Waals surface area contributed by atoms with Crippen LogP contribution >= 0.6 is 11.3 Å². The molecular formula is C16H22N2O2S. The van der Waals surface area contributed by atoms with Crippen molar-refractivity contribution in [3.05, 3.63) is 29.0 Å². The lowest BCUT2D eigenvalue weighted by molar-refractivity contribution is 0.0282. The number of hydrogen-bond donors (Lipinski definition) is 1. The van der Waals surface area contributed by atoms with Crippen molar-refractivity contribution in [1.29, 1.82) is 0 Å². The van der Waals surface area contributed by atoms with Crippen molar-refractivity contribution in [3.8, 4) is 10.8 Å². The maximum Gasteiger partial charge on any atom is 0.236 e. The van der Waals surface area contributed by atoms with E-state index in [0.29, 0.717) is 5.89 Å². The molecule has 0 aromatic carbocycles. The van der Waals surface area contributed by atoms with Crippen molar-refractivity contribution in [2.45, 2.75) is 51.3 Å². The van der Waals surface area contributed by atoms with Crippen LogP contribution in [0, 0.1) is 6.92 Å². The normalized spacial score (nSPS) is 22.9. The second-order valence-corrected chi connectivity index (χ2v) is 6.78. The van der Waals surface area contributed by atoms with Gasteiger partial charge in [0.15, 0.2) is 0 Å². The van der Waals surface area contributed by atoms with Crippen molar-refractivity contribution in [1.82, 2.24) is 9.88 Å². The summed E-state index contributed by atoms with van der Waals surface area (Å²) in [6.07, 6.45) is 4.09. The molecular weight excluding hydrogens is 284 g/mol. The Bertz CT molecular complexity index is 579. The summed E-state index contributed by atoms with van der Waals surface area (Å²) in [5, 5.41) is 12.2. The lowest BCUT2D eigenvalue weighted by Gasteiger charge is -2.34. The van der Waals surface area contributed by atoms with E-state index in [4.69, 9.17) is 4.42 Å². The van der Waals surface area contributed by atoms with Gasteiger partial charge in [0, 0.05) is 12.6 Å². The third-order valence-corrected chi connectivity index (χ3v) is 5.14. The van der Waals surface area contributed by atoms with Crippen LogP contribution in [0.5, 0.6) is 0 Å². The van der Waals surface area contributed by atoms with Crippen LogP contribution in [0.3, 0.4) is 0 Å². The van der Waals surface area contributed by atoms with E-state index in [2.05, 4.69) is 16.9 Å². The summed E-state index contributed by atoms with van der Waals surface area (Å²) in [5.74, 6) is 1.57. The summed E-state index contributed by atoms with van der Waals surface area (Å²) in [6.45, 7) is 2.69. The van der Waals surface area contributed by atoms with E-state index in [1.165, 1.54) is 6.42 Å². The molecule has 2 aromatic heterocycles. The second-order valence-electron chi connectivity index (χ2n) is 5.83. The molecule has 3 rings (SSSR count). The smallest absolute Gasteiger partial charge is 0.236 e. The molecule has 0 bridgehead atoms. The van der Waals surface area contributed by atoms with Gasteiger partial charge in [-0.1, -0.05) is 18.9 Å². The van der Waals surface area contributed by atoms with Gasteiger partial charge in [-0.15, -0.1) is 11.3 Å². The third-order valence-electron chi connectivity index (χ3n) is 4.28. The molecule has 4 nitrogen and oxygen atoms in total. The SMILES string of the molecule is Cc1oc(-c2cccs2)nc1CN(C)C1CCCCC1O. The van der Waals surface area contributed by atoms with Crippen LogP contribution < -0.4 is 0 Å². The highest BCUT2D eigenvalue weighted by atomic mass is 32.1. The summed E-state index contributed by atoms with van der Waals surface area (Å²) in [5.41, 5.74) is 0.971. The zero-order valence-electron chi connectivity index (χ0n) is 12.6. The lowest BCUT2D eigenvalue weighted by Crippen LogP contribution is -2.43. The number of rotatable bonds is 4. The average Bonchev–Trinajstić information content (AvgIpc) is 3.10. The first-order valence-electron chi connectivity index (χ1n) is 7.53. The van der Waals surface area contributed by atoms with E-state index in [0.717, 1.165) is 42.1 Å². The van der Waals surface area contributed by atoms with Crippen LogP contribution in [0.2, 0.25) is 0 Å². The Morgan fingerprint density at radius 3 is 2.95 bits per heavy atom. The average molecular weight is 306 g/mol. The summed E-state index contributed by atoms with van der Waals surface area (Å²) in [6, 6.07) is 4.26. The largest absolute Gasteiger partial charge is 0.440 e. The number of aromatic nitrogens is 1. The van der Waals surface area contributed by atoms with Gasteiger partial charge in [0.2, 0.25) is 5.89 Å². The number of likely N-dealkylation sites (N-methyl/N-ethyl adjacent to an activating group) is 1. The van der Waals surface area contributed by atoms with Crippen molar-refractivity contribution >= 4 is 11.3 Å². The summed E-state index contributed by atoms with van der Waals surface area (Å²) in [4.78, 5) is 7.91. The molecule has 0 spiro atoms. The molecule has 1 N–H and O–H groups in total. The number of nitrogens with zero attached hydrogens (tertiary/aromatic N) is 2. The highest BCUT2D eigenvalue weighted by molar-refractivity contribution is 7.13. The van der Waals surface area contributed by atoms with Gasteiger partial charge < -0.3 is 9.52 Å². The predicted molar refractivity (Wildman–Crippen MR) is 84.3 cm³/mol. The minimum Gasteiger partial charge on any atom is -0.440 e. The number of oxazole rings is 1. The van der Waals surface area contributed by atoms with Crippen LogP contribution in [0.1, 0.15) is 37.1 Å². The van der Waals surface area contributed by atoms with Gasteiger partial charge in [-0.05, 0) is 38.3 Å². The monoisotopic (exact) mass is 306 g/mol. The highest BCUT2D eigenvalue weighted by Gasteiger charge is 2.27. The predicted octanol–water partition coefficient (Wildman–Crippen LogP) is 3.45. The zero-order chi connectivity index (χ0) is 14.8. The summed E-state index contributed by atoms with van der Waals surface area (Å²) in [7, 11) is 2.07. The van der Waals surface area contributed by atoms with E-state index in [1.807, 2.05) is 24.4 Å². The van der Waals surface area contributed by atoms with Gasteiger partial charge in [0.05, 0.1) is 16.7 Å². The maximum atomic E-state index is 10.2. The topological polar surface area (TPSA) is 49.5 Å². The molecule has 0 radical (unpaired) electrons. The van der Waals surface area contributed by atoms with E-state index in [1.54, 1.807) is 11.3 Å². The fourth-order valence-corrected chi connectivity index (χ4v) is 3.69. The fraction of sp³-hybridized carbons (Fsp3) is 0.562. The van der Waals surface area contributed by atoms with Crippen molar-refractivity contribution in [2.24, 2.45) is 0 Å². The van der Waals surface area contributed by atoms with Crippen LogP contribution in [0.15, 0.2) is 21.9 Å². The standard InChI is InChI=1S/C16H22N2O2S/c1-11-12(17-16(20-11)15-8-5-9-21-15)10-18(2)13-6-3-4-7-14(13)19/h5,8-9,13-14,19H,3-4,6-7,10H2,1-2H3. The molecule has 0 saturated heterocycles. The second kappa shape index (κ2) is 6.30. The van der Waals surface area contributed by atoms with Crippen LogP contribution in [0.25, 0.3) is 10.8 Å². The number of thiophene rings is 1. The van der Waals surface area contributed by atoms with Crippen LogP contribution in [-0.2, 0) is 6.54 Å². The fourth-order valence-electron chi connectivity index (χ4n) is 3.04. The molecule has 1 fully saturated rings. The summed E-state index contributed by atoms with van der Waals surface area (Å²) >= 11 is 1.64. The van der Waals surface area contributed by atoms with Crippen molar-refractivity contribution in [2.75, 3.05) is 7.05 Å².